The van der Waals surface area contributed by atoms with Crippen LogP contribution < -0.4 is 0 Å². The zero-order chi connectivity index (χ0) is 14.3. The maximum absolute atomic E-state index is 13.4. The molecule has 0 saturated heterocycles. The highest BCUT2D eigenvalue weighted by molar-refractivity contribution is 7.13. The van der Waals surface area contributed by atoms with Crippen molar-refractivity contribution in [2.45, 2.75) is 26.8 Å². The molecular weight excluding hydrogens is 280 g/mol. The fourth-order valence-corrected chi connectivity index (χ4v) is 3.02. The second-order valence-corrected chi connectivity index (χ2v) is 5.42. The molecule has 6 heteroatoms. The highest BCUT2D eigenvalue weighted by atomic mass is 32.1. The van der Waals surface area contributed by atoms with Crippen LogP contribution in [0.3, 0.4) is 0 Å². The molecule has 3 aromatic heterocycles. The van der Waals surface area contributed by atoms with Crippen LogP contribution >= 0.6 is 11.3 Å². The van der Waals surface area contributed by atoms with E-state index in [0.717, 1.165) is 4.88 Å². The lowest BCUT2D eigenvalue weighted by atomic mass is 10.1. The molecule has 0 aliphatic heterocycles. The smallest absolute Gasteiger partial charge is 0.247 e. The van der Waals surface area contributed by atoms with Crippen molar-refractivity contribution in [3.8, 4) is 10.6 Å². The Bertz CT molecular complexity index is 747. The number of aromatic nitrogens is 3. The Hall–Kier alpha value is -1.82. The van der Waals surface area contributed by atoms with Crippen LogP contribution in [0.25, 0.3) is 21.6 Å². The number of thiophene rings is 1. The monoisotopic (exact) mass is 293 g/mol. The standard InChI is InChI=1S/C14H13F2N3S/c1-3-19-14-12(8(2)18-19)9(13(15)16)7-10(17-14)11-5-4-6-20-11/h4-7,13H,3H2,1-2H3. The first-order valence-corrected chi connectivity index (χ1v) is 7.20. The molecule has 3 aromatic rings. The van der Waals surface area contributed by atoms with Crippen LogP contribution in [-0.2, 0) is 6.54 Å². The summed E-state index contributed by atoms with van der Waals surface area (Å²) in [7, 11) is 0. The van der Waals surface area contributed by atoms with Crippen molar-refractivity contribution in [3.05, 3.63) is 34.8 Å². The molecule has 3 nitrogen and oxygen atoms in total. The summed E-state index contributed by atoms with van der Waals surface area (Å²) in [6, 6.07) is 5.25. The first kappa shape index (κ1) is 13.2. The van der Waals surface area contributed by atoms with Gasteiger partial charge in [0.2, 0.25) is 0 Å². The SMILES string of the molecule is CCn1nc(C)c2c(C(F)F)cc(-c3cccs3)nc21. The van der Waals surface area contributed by atoms with Gasteiger partial charge in [-0.1, -0.05) is 6.07 Å². The number of alkyl halides is 2. The Balaban J connectivity index is 2.35. The molecule has 3 rings (SSSR count). The number of fused-ring (bicyclic) bond motifs is 1. The third-order valence-corrected chi connectivity index (χ3v) is 4.11. The van der Waals surface area contributed by atoms with E-state index >= 15 is 0 Å². The second-order valence-electron chi connectivity index (χ2n) is 4.47. The van der Waals surface area contributed by atoms with E-state index in [0.29, 0.717) is 29.0 Å². The maximum atomic E-state index is 13.4. The van der Waals surface area contributed by atoms with Gasteiger partial charge in [0.15, 0.2) is 5.65 Å². The minimum absolute atomic E-state index is 0.00981. The molecule has 0 spiro atoms. The lowest BCUT2D eigenvalue weighted by Gasteiger charge is -2.06. The molecular formula is C14H13F2N3S. The fraction of sp³-hybridized carbons (Fsp3) is 0.286. The van der Waals surface area contributed by atoms with E-state index < -0.39 is 6.43 Å². The van der Waals surface area contributed by atoms with Crippen LogP contribution in [0.15, 0.2) is 23.6 Å². The van der Waals surface area contributed by atoms with Gasteiger partial charge in [-0.25, -0.2) is 18.4 Å². The van der Waals surface area contributed by atoms with E-state index in [9.17, 15) is 8.78 Å². The van der Waals surface area contributed by atoms with E-state index in [1.54, 1.807) is 11.6 Å². The maximum Gasteiger partial charge on any atom is 0.264 e. The molecule has 0 fully saturated rings. The molecule has 0 bridgehead atoms. The Morgan fingerprint density at radius 1 is 1.40 bits per heavy atom. The average molecular weight is 293 g/mol. The van der Waals surface area contributed by atoms with Gasteiger partial charge in [0.25, 0.3) is 6.43 Å². The molecule has 20 heavy (non-hydrogen) atoms. The van der Waals surface area contributed by atoms with Crippen molar-refractivity contribution < 1.29 is 8.78 Å². The zero-order valence-electron chi connectivity index (χ0n) is 11.1. The van der Waals surface area contributed by atoms with Crippen molar-refractivity contribution in [1.29, 1.82) is 0 Å². The third kappa shape index (κ3) is 2.00. The van der Waals surface area contributed by atoms with E-state index in [2.05, 4.69) is 10.1 Å². The van der Waals surface area contributed by atoms with Crippen molar-refractivity contribution in [2.24, 2.45) is 0 Å². The van der Waals surface area contributed by atoms with Gasteiger partial charge in [-0.05, 0) is 31.4 Å². The Kier molecular flexibility index (Phi) is 3.25. The van der Waals surface area contributed by atoms with Crippen molar-refractivity contribution in [1.82, 2.24) is 14.8 Å². The van der Waals surface area contributed by atoms with Gasteiger partial charge >= 0.3 is 0 Å². The number of hydrogen-bond donors (Lipinski definition) is 0. The summed E-state index contributed by atoms with van der Waals surface area (Å²) >= 11 is 1.49. The van der Waals surface area contributed by atoms with E-state index in [4.69, 9.17) is 0 Å². The number of hydrogen-bond acceptors (Lipinski definition) is 3. The first-order valence-electron chi connectivity index (χ1n) is 6.32. The quantitative estimate of drug-likeness (QED) is 0.715. The molecule has 0 saturated carbocycles. The molecule has 0 atom stereocenters. The molecule has 0 aliphatic rings. The predicted molar refractivity (Wildman–Crippen MR) is 76.2 cm³/mol. The van der Waals surface area contributed by atoms with Gasteiger partial charge in [-0.2, -0.15) is 5.10 Å². The number of pyridine rings is 1. The summed E-state index contributed by atoms with van der Waals surface area (Å²) in [6.45, 7) is 4.27. The fourth-order valence-electron chi connectivity index (χ4n) is 2.33. The molecule has 0 unspecified atom stereocenters. The molecule has 0 amide bonds. The third-order valence-electron chi connectivity index (χ3n) is 3.22. The normalized spacial score (nSPS) is 11.7. The largest absolute Gasteiger partial charge is 0.264 e. The highest BCUT2D eigenvalue weighted by Crippen LogP contribution is 2.34. The van der Waals surface area contributed by atoms with E-state index in [-0.39, 0.29) is 5.56 Å². The van der Waals surface area contributed by atoms with E-state index in [1.165, 1.54) is 17.4 Å². The molecule has 0 radical (unpaired) electrons. The predicted octanol–water partition coefficient (Wildman–Crippen LogP) is 4.43. The van der Waals surface area contributed by atoms with Crippen molar-refractivity contribution >= 4 is 22.4 Å². The lowest BCUT2D eigenvalue weighted by molar-refractivity contribution is 0.153. The van der Waals surface area contributed by atoms with Crippen LogP contribution in [-0.4, -0.2) is 14.8 Å². The van der Waals surface area contributed by atoms with Gasteiger partial charge in [-0.3, -0.25) is 0 Å². The minimum Gasteiger partial charge on any atom is -0.247 e. The van der Waals surface area contributed by atoms with Crippen LogP contribution in [0.1, 0.15) is 24.6 Å². The van der Waals surface area contributed by atoms with Gasteiger partial charge in [0, 0.05) is 12.1 Å². The summed E-state index contributed by atoms with van der Waals surface area (Å²) in [5.41, 5.74) is 1.72. The number of rotatable bonds is 3. The zero-order valence-corrected chi connectivity index (χ0v) is 11.9. The van der Waals surface area contributed by atoms with Crippen LogP contribution in [0.4, 0.5) is 8.78 Å². The summed E-state index contributed by atoms with van der Waals surface area (Å²) < 4.78 is 28.4. The summed E-state index contributed by atoms with van der Waals surface area (Å²) in [6.07, 6.45) is -2.53. The molecule has 0 aliphatic carbocycles. The molecule has 0 N–H and O–H groups in total. The van der Waals surface area contributed by atoms with Crippen LogP contribution in [0.2, 0.25) is 0 Å². The summed E-state index contributed by atoms with van der Waals surface area (Å²) in [5.74, 6) is 0. The highest BCUT2D eigenvalue weighted by Gasteiger charge is 2.20. The number of halogens is 2. The van der Waals surface area contributed by atoms with Crippen molar-refractivity contribution in [3.63, 3.8) is 0 Å². The number of nitrogens with zero attached hydrogens (tertiary/aromatic N) is 3. The number of aryl methyl sites for hydroxylation is 2. The van der Waals surface area contributed by atoms with Gasteiger partial charge < -0.3 is 0 Å². The van der Waals surface area contributed by atoms with Crippen LogP contribution in [0.5, 0.6) is 0 Å². The Labute approximate surface area is 118 Å². The van der Waals surface area contributed by atoms with Crippen molar-refractivity contribution in [2.75, 3.05) is 0 Å². The molecule has 3 heterocycles. The Morgan fingerprint density at radius 3 is 2.80 bits per heavy atom. The van der Waals surface area contributed by atoms with E-state index in [1.807, 2.05) is 24.4 Å². The van der Waals surface area contributed by atoms with Crippen LogP contribution in [0, 0.1) is 6.92 Å². The minimum atomic E-state index is -2.53. The van der Waals surface area contributed by atoms with Gasteiger partial charge in [0.1, 0.15) is 0 Å². The lowest BCUT2D eigenvalue weighted by Crippen LogP contribution is -1.99. The Morgan fingerprint density at radius 2 is 2.20 bits per heavy atom. The van der Waals surface area contributed by atoms with Gasteiger partial charge in [0.05, 0.1) is 21.7 Å². The first-order chi connectivity index (χ1) is 9.61. The van der Waals surface area contributed by atoms with Gasteiger partial charge in [-0.15, -0.1) is 11.3 Å². The molecule has 104 valence electrons. The second kappa shape index (κ2) is 4.94. The summed E-state index contributed by atoms with van der Waals surface area (Å²) in [4.78, 5) is 5.41. The summed E-state index contributed by atoms with van der Waals surface area (Å²) in [5, 5.41) is 6.68. The molecule has 0 aromatic carbocycles. The average Bonchev–Trinajstić information content (AvgIpc) is 3.06. The topological polar surface area (TPSA) is 30.7 Å².